The lowest BCUT2D eigenvalue weighted by Gasteiger charge is -2.35. The fourth-order valence-corrected chi connectivity index (χ4v) is 3.97. The zero-order valence-corrected chi connectivity index (χ0v) is 12.0. The molecule has 2 heterocycles. The maximum atomic E-state index is 4.78. The second-order valence-corrected chi connectivity index (χ2v) is 6.39. The van der Waals surface area contributed by atoms with Crippen molar-refractivity contribution in [3.63, 3.8) is 0 Å². The van der Waals surface area contributed by atoms with Crippen molar-refractivity contribution in [1.29, 1.82) is 0 Å². The van der Waals surface area contributed by atoms with Gasteiger partial charge in [-0.2, -0.15) is 0 Å². The summed E-state index contributed by atoms with van der Waals surface area (Å²) in [6.45, 7) is 2.51. The van der Waals surface area contributed by atoms with E-state index in [2.05, 4.69) is 34.1 Å². The van der Waals surface area contributed by atoms with Crippen molar-refractivity contribution in [3.05, 3.63) is 30.1 Å². The summed E-state index contributed by atoms with van der Waals surface area (Å²) in [5, 5.41) is 0. The predicted molar refractivity (Wildman–Crippen MR) is 81.9 cm³/mol. The Kier molecular flexibility index (Phi) is 3.23. The first kappa shape index (κ1) is 12.4. The molecule has 20 heavy (non-hydrogen) atoms. The van der Waals surface area contributed by atoms with Crippen LogP contribution in [0, 0.1) is 0 Å². The second kappa shape index (κ2) is 5.21. The number of piperidine rings is 1. The van der Waals surface area contributed by atoms with Crippen molar-refractivity contribution in [1.82, 2.24) is 14.9 Å². The van der Waals surface area contributed by atoms with Gasteiger partial charge < -0.3 is 9.88 Å². The van der Waals surface area contributed by atoms with Gasteiger partial charge >= 0.3 is 0 Å². The molecule has 2 aromatic rings. The molecule has 1 saturated carbocycles. The number of fused-ring (bicyclic) bond motifs is 1. The quantitative estimate of drug-likeness (QED) is 0.901. The normalized spacial score (nSPS) is 22.8. The maximum Gasteiger partial charge on any atom is 0.110 e. The van der Waals surface area contributed by atoms with E-state index in [0.717, 1.165) is 11.6 Å². The van der Waals surface area contributed by atoms with E-state index >= 15 is 0 Å². The standard InChI is InChI=1S/C17H23N3/c1-2-6-14(5-1)20-11-9-13(10-12-20)17-18-15-7-3-4-8-16(15)19-17/h3-4,7-8,13-14H,1-2,5-6,9-12H2,(H,18,19). The van der Waals surface area contributed by atoms with Crippen LogP contribution in [0.2, 0.25) is 0 Å². The Bertz CT molecular complexity index is 542. The minimum absolute atomic E-state index is 0.625. The van der Waals surface area contributed by atoms with Gasteiger partial charge in [0, 0.05) is 12.0 Å². The number of rotatable bonds is 2. The molecule has 3 nitrogen and oxygen atoms in total. The molecule has 0 amide bonds. The van der Waals surface area contributed by atoms with Crippen LogP contribution in [0.4, 0.5) is 0 Å². The number of H-pyrrole nitrogens is 1. The first-order valence-corrected chi connectivity index (χ1v) is 8.09. The average molecular weight is 269 g/mol. The van der Waals surface area contributed by atoms with E-state index in [1.54, 1.807) is 0 Å². The van der Waals surface area contributed by atoms with Gasteiger partial charge in [-0.25, -0.2) is 4.98 Å². The summed E-state index contributed by atoms with van der Waals surface area (Å²) >= 11 is 0. The zero-order valence-electron chi connectivity index (χ0n) is 12.0. The molecule has 2 fully saturated rings. The first-order chi connectivity index (χ1) is 9.90. The number of benzene rings is 1. The Balaban J connectivity index is 1.45. The molecule has 1 aliphatic heterocycles. The fourth-order valence-electron chi connectivity index (χ4n) is 3.97. The van der Waals surface area contributed by atoms with Gasteiger partial charge in [0.25, 0.3) is 0 Å². The summed E-state index contributed by atoms with van der Waals surface area (Å²) < 4.78 is 0. The average Bonchev–Trinajstić information content (AvgIpc) is 3.17. The Hall–Kier alpha value is -1.35. The number of hydrogen-bond donors (Lipinski definition) is 1. The van der Waals surface area contributed by atoms with Crippen LogP contribution in [0.5, 0.6) is 0 Å². The van der Waals surface area contributed by atoms with Crippen LogP contribution in [0.1, 0.15) is 50.3 Å². The molecule has 1 saturated heterocycles. The third kappa shape index (κ3) is 2.24. The van der Waals surface area contributed by atoms with E-state index in [9.17, 15) is 0 Å². The summed E-state index contributed by atoms with van der Waals surface area (Å²) in [5.41, 5.74) is 2.29. The van der Waals surface area contributed by atoms with Crippen LogP contribution >= 0.6 is 0 Å². The number of hydrogen-bond acceptors (Lipinski definition) is 2. The van der Waals surface area contributed by atoms with Crippen LogP contribution < -0.4 is 0 Å². The topological polar surface area (TPSA) is 31.9 Å². The SMILES string of the molecule is c1ccc2[nH]c(C3CCN(C4CCCC4)CC3)nc2c1. The highest BCUT2D eigenvalue weighted by Gasteiger charge is 2.28. The molecule has 4 rings (SSSR count). The number of para-hydroxylation sites is 2. The van der Waals surface area contributed by atoms with Crippen molar-refractivity contribution < 1.29 is 0 Å². The Labute approximate surface area is 120 Å². The van der Waals surface area contributed by atoms with Crippen LogP contribution in [-0.2, 0) is 0 Å². The molecule has 3 heteroatoms. The van der Waals surface area contributed by atoms with Gasteiger partial charge in [-0.3, -0.25) is 0 Å². The summed E-state index contributed by atoms with van der Waals surface area (Å²) in [4.78, 5) is 11.0. The molecule has 1 aromatic carbocycles. The van der Waals surface area contributed by atoms with Crippen LogP contribution in [0.25, 0.3) is 11.0 Å². The molecule has 1 N–H and O–H groups in total. The highest BCUT2D eigenvalue weighted by Crippen LogP contribution is 2.32. The highest BCUT2D eigenvalue weighted by molar-refractivity contribution is 5.74. The predicted octanol–water partition coefficient (Wildman–Crippen LogP) is 3.68. The summed E-state index contributed by atoms with van der Waals surface area (Å²) in [6.07, 6.45) is 8.25. The molecule has 1 aromatic heterocycles. The molecule has 1 aliphatic carbocycles. The van der Waals surface area contributed by atoms with Gasteiger partial charge in [-0.05, 0) is 50.9 Å². The van der Waals surface area contributed by atoms with Crippen molar-refractivity contribution in [3.8, 4) is 0 Å². The molecule has 2 aliphatic rings. The third-order valence-electron chi connectivity index (χ3n) is 5.17. The third-order valence-corrected chi connectivity index (χ3v) is 5.17. The number of nitrogens with one attached hydrogen (secondary N) is 1. The Morgan fingerprint density at radius 3 is 2.50 bits per heavy atom. The summed E-state index contributed by atoms with van der Waals surface area (Å²) in [7, 11) is 0. The molecular weight excluding hydrogens is 246 g/mol. The molecular formula is C17H23N3. The minimum Gasteiger partial charge on any atom is -0.342 e. The van der Waals surface area contributed by atoms with E-state index < -0.39 is 0 Å². The lowest BCUT2D eigenvalue weighted by atomic mass is 9.95. The van der Waals surface area contributed by atoms with E-state index in [-0.39, 0.29) is 0 Å². The van der Waals surface area contributed by atoms with Crippen LogP contribution in [0.3, 0.4) is 0 Å². The van der Waals surface area contributed by atoms with Gasteiger partial charge in [0.2, 0.25) is 0 Å². The zero-order chi connectivity index (χ0) is 13.4. The monoisotopic (exact) mass is 269 g/mol. The summed E-state index contributed by atoms with van der Waals surface area (Å²) in [6, 6.07) is 9.25. The van der Waals surface area contributed by atoms with Gasteiger partial charge in [-0.1, -0.05) is 25.0 Å². The van der Waals surface area contributed by atoms with Gasteiger partial charge in [0.1, 0.15) is 5.82 Å². The lowest BCUT2D eigenvalue weighted by molar-refractivity contribution is 0.152. The number of aromatic nitrogens is 2. The van der Waals surface area contributed by atoms with E-state index in [4.69, 9.17) is 4.98 Å². The van der Waals surface area contributed by atoms with Crippen molar-refractivity contribution >= 4 is 11.0 Å². The fraction of sp³-hybridized carbons (Fsp3) is 0.588. The van der Waals surface area contributed by atoms with Gasteiger partial charge in [-0.15, -0.1) is 0 Å². The number of imidazole rings is 1. The Morgan fingerprint density at radius 2 is 1.75 bits per heavy atom. The van der Waals surface area contributed by atoms with Crippen molar-refractivity contribution in [2.75, 3.05) is 13.1 Å². The molecule has 106 valence electrons. The van der Waals surface area contributed by atoms with E-state index in [1.165, 1.54) is 63.0 Å². The summed E-state index contributed by atoms with van der Waals surface area (Å²) in [5.74, 6) is 1.83. The van der Waals surface area contributed by atoms with E-state index in [0.29, 0.717) is 5.92 Å². The van der Waals surface area contributed by atoms with Gasteiger partial charge in [0.05, 0.1) is 11.0 Å². The smallest absolute Gasteiger partial charge is 0.110 e. The van der Waals surface area contributed by atoms with Gasteiger partial charge in [0.15, 0.2) is 0 Å². The van der Waals surface area contributed by atoms with E-state index in [1.807, 2.05) is 0 Å². The van der Waals surface area contributed by atoms with Crippen LogP contribution in [0.15, 0.2) is 24.3 Å². The van der Waals surface area contributed by atoms with Crippen molar-refractivity contribution in [2.45, 2.75) is 50.5 Å². The molecule has 0 spiro atoms. The number of likely N-dealkylation sites (tertiary alicyclic amines) is 1. The molecule has 0 unspecified atom stereocenters. The molecule has 0 radical (unpaired) electrons. The number of aromatic amines is 1. The minimum atomic E-state index is 0.625. The Morgan fingerprint density at radius 1 is 1.00 bits per heavy atom. The second-order valence-electron chi connectivity index (χ2n) is 6.39. The largest absolute Gasteiger partial charge is 0.342 e. The first-order valence-electron chi connectivity index (χ1n) is 8.09. The highest BCUT2D eigenvalue weighted by atomic mass is 15.2. The number of nitrogens with zero attached hydrogens (tertiary/aromatic N) is 2. The van der Waals surface area contributed by atoms with Crippen molar-refractivity contribution in [2.24, 2.45) is 0 Å². The molecule has 0 atom stereocenters. The van der Waals surface area contributed by atoms with Crippen LogP contribution in [-0.4, -0.2) is 34.0 Å². The lowest BCUT2D eigenvalue weighted by Crippen LogP contribution is -2.39. The maximum absolute atomic E-state index is 4.78. The molecule has 0 bridgehead atoms.